The largest absolute Gasteiger partial charge is 0.476 e. The van der Waals surface area contributed by atoms with Gasteiger partial charge in [0.05, 0.1) is 18.4 Å². The molecule has 2 aromatic carbocycles. The third-order valence-corrected chi connectivity index (χ3v) is 7.93. The second-order valence-electron chi connectivity index (χ2n) is 10.4. The summed E-state index contributed by atoms with van der Waals surface area (Å²) in [6.07, 6.45) is -7.65. The molecule has 0 aromatic heterocycles. The van der Waals surface area contributed by atoms with Crippen LogP contribution in [0, 0.1) is 5.92 Å². The molecule has 0 saturated carbocycles. The van der Waals surface area contributed by atoms with E-state index >= 15 is 0 Å². The fraction of sp³-hybridized carbons (Fsp3) is 0.538. The van der Waals surface area contributed by atoms with Crippen molar-refractivity contribution in [2.24, 2.45) is 5.92 Å². The van der Waals surface area contributed by atoms with Crippen molar-refractivity contribution in [2.45, 2.75) is 63.6 Å². The number of hydrogen-bond acceptors (Lipinski definition) is 6. The Morgan fingerprint density at radius 2 is 1.86 bits per heavy atom. The van der Waals surface area contributed by atoms with Crippen molar-refractivity contribution in [3.05, 3.63) is 59.2 Å². The molecule has 3 rings (SSSR count). The zero-order chi connectivity index (χ0) is 26.7. The number of ether oxygens (including phenoxy) is 1. The summed E-state index contributed by atoms with van der Waals surface area (Å²) in [5.41, 5.74) is 8.66. The lowest BCUT2D eigenvalue weighted by Crippen LogP contribution is -2.53. The average molecular weight is 529 g/mol. The van der Waals surface area contributed by atoms with Gasteiger partial charge in [0.1, 0.15) is 5.75 Å². The Morgan fingerprint density at radius 3 is 2.50 bits per heavy atom. The molecule has 1 aliphatic rings. The first-order valence-corrected chi connectivity index (χ1v) is 13.3. The van der Waals surface area contributed by atoms with Crippen LogP contribution in [0.1, 0.15) is 37.5 Å². The van der Waals surface area contributed by atoms with E-state index in [1.165, 1.54) is 17.7 Å². The fourth-order valence-electron chi connectivity index (χ4n) is 4.26. The van der Waals surface area contributed by atoms with Crippen LogP contribution in [0.25, 0.3) is 0 Å². The van der Waals surface area contributed by atoms with Crippen molar-refractivity contribution in [2.75, 3.05) is 23.8 Å². The van der Waals surface area contributed by atoms with Crippen molar-refractivity contribution in [1.29, 1.82) is 0 Å². The minimum absolute atomic E-state index is 0.00579. The molecule has 6 nitrogen and oxygen atoms in total. The maximum absolute atomic E-state index is 13.0. The van der Waals surface area contributed by atoms with Crippen LogP contribution in [-0.4, -0.2) is 57.0 Å². The Hall–Kier alpha value is -2.14. The lowest BCUT2D eigenvalue weighted by atomic mass is 9.86. The van der Waals surface area contributed by atoms with Crippen molar-refractivity contribution in [3.63, 3.8) is 0 Å². The predicted octanol–water partition coefficient (Wildman–Crippen LogP) is 3.31. The topological polar surface area (TPSA) is 105 Å². The Balaban J connectivity index is 1.69. The summed E-state index contributed by atoms with van der Waals surface area (Å²) in [7, 11) is -1.16. The van der Waals surface area contributed by atoms with Gasteiger partial charge in [-0.1, -0.05) is 51.1 Å². The smallest absolute Gasteiger partial charge is 0.427 e. The maximum Gasteiger partial charge on any atom is 0.427 e. The molecule has 5 N–H and O–H groups in total. The molecular formula is C26H35F3N2O4S. The first-order valence-electron chi connectivity index (χ1n) is 11.9. The van der Waals surface area contributed by atoms with Crippen LogP contribution in [0.2, 0.25) is 0 Å². The van der Waals surface area contributed by atoms with Gasteiger partial charge in [-0.3, -0.25) is 4.21 Å². The highest BCUT2D eigenvalue weighted by atomic mass is 32.2. The molecule has 0 unspecified atom stereocenters. The molecule has 5 atom stereocenters. The van der Waals surface area contributed by atoms with E-state index in [0.29, 0.717) is 17.9 Å². The van der Waals surface area contributed by atoms with E-state index in [4.69, 9.17) is 15.6 Å². The van der Waals surface area contributed by atoms with Gasteiger partial charge in [0.25, 0.3) is 0 Å². The van der Waals surface area contributed by atoms with Crippen molar-refractivity contribution in [1.82, 2.24) is 5.32 Å². The van der Waals surface area contributed by atoms with E-state index in [0.717, 1.165) is 5.56 Å². The summed E-state index contributed by atoms with van der Waals surface area (Å²) in [4.78, 5) is 0. The number of alkyl halides is 3. The highest BCUT2D eigenvalue weighted by molar-refractivity contribution is 7.85. The molecule has 2 aromatic rings. The Kier molecular flexibility index (Phi) is 9.08. The number of halogens is 3. The summed E-state index contributed by atoms with van der Waals surface area (Å²) in [6.45, 7) is 5.69. The number of nitrogens with one attached hydrogen (secondary N) is 1. The summed E-state index contributed by atoms with van der Waals surface area (Å²) >= 11 is 0. The van der Waals surface area contributed by atoms with E-state index in [-0.39, 0.29) is 34.9 Å². The molecule has 0 spiro atoms. The predicted molar refractivity (Wildman–Crippen MR) is 135 cm³/mol. The molecule has 1 aliphatic heterocycles. The van der Waals surface area contributed by atoms with Crippen LogP contribution in [-0.2, 0) is 29.2 Å². The lowest BCUT2D eigenvalue weighted by molar-refractivity contribution is -0.203. The van der Waals surface area contributed by atoms with Gasteiger partial charge in [0.15, 0.2) is 0 Å². The van der Waals surface area contributed by atoms with Gasteiger partial charge in [-0.25, -0.2) is 0 Å². The van der Waals surface area contributed by atoms with Gasteiger partial charge in [0.2, 0.25) is 6.10 Å². The van der Waals surface area contributed by atoms with Crippen LogP contribution >= 0.6 is 0 Å². The molecule has 36 heavy (non-hydrogen) atoms. The van der Waals surface area contributed by atoms with Crippen LogP contribution in [0.4, 0.5) is 18.9 Å². The Labute approximate surface area is 212 Å². The van der Waals surface area contributed by atoms with Crippen LogP contribution in [0.5, 0.6) is 5.75 Å². The van der Waals surface area contributed by atoms with Gasteiger partial charge in [0, 0.05) is 40.8 Å². The van der Waals surface area contributed by atoms with Gasteiger partial charge < -0.3 is 26.0 Å². The standard InChI is InChI=1S/C26H35F3N2O4S/c1-25(2,3)19-6-4-5-17(10-19)12-31-21-15-36(34)14-18(24(21)33)9-16-7-8-20(30)22(11-16)35-23(13-32)26(27,28)29/h4-8,10-11,18,21,23-24,31-33H,9,12-15,30H2,1-3H3/t18-,21+,23-,24+,36-/m1/s1. The highest BCUT2D eigenvalue weighted by Gasteiger charge is 2.42. The second-order valence-corrected chi connectivity index (χ2v) is 11.9. The minimum atomic E-state index is -4.75. The Morgan fingerprint density at radius 1 is 1.14 bits per heavy atom. The third kappa shape index (κ3) is 7.44. The first kappa shape index (κ1) is 28.4. The number of hydrogen-bond donors (Lipinski definition) is 4. The SMILES string of the molecule is CC(C)(C)c1cccc(CN[C@H]2C[S@](=O)C[C@@H](Cc3ccc(N)c(O[C@H](CO)C(F)(F)F)c3)[C@@H]2O)c1. The summed E-state index contributed by atoms with van der Waals surface area (Å²) in [5.74, 6) is 0.0343. The molecule has 200 valence electrons. The van der Waals surface area contributed by atoms with Crippen LogP contribution in [0.15, 0.2) is 42.5 Å². The van der Waals surface area contributed by atoms with Crippen molar-refractivity contribution in [3.8, 4) is 5.75 Å². The number of aliphatic hydroxyl groups is 2. The molecule has 1 heterocycles. The Bertz CT molecular complexity index is 1060. The maximum atomic E-state index is 13.0. The minimum Gasteiger partial charge on any atom is -0.476 e. The van der Waals surface area contributed by atoms with Gasteiger partial charge in [-0.05, 0) is 40.7 Å². The molecule has 0 aliphatic carbocycles. The fourth-order valence-corrected chi connectivity index (χ4v) is 5.90. The molecule has 0 bridgehead atoms. The number of nitrogens with two attached hydrogens (primary N) is 1. The number of benzene rings is 2. The molecular weight excluding hydrogens is 493 g/mol. The van der Waals surface area contributed by atoms with Gasteiger partial charge in [-0.15, -0.1) is 0 Å². The van der Waals surface area contributed by atoms with Crippen LogP contribution < -0.4 is 15.8 Å². The van der Waals surface area contributed by atoms with Crippen molar-refractivity contribution >= 4 is 16.5 Å². The van der Waals surface area contributed by atoms with E-state index in [1.807, 2.05) is 12.1 Å². The highest BCUT2D eigenvalue weighted by Crippen LogP contribution is 2.31. The summed E-state index contributed by atoms with van der Waals surface area (Å²) < 4.78 is 56.6. The molecule has 1 fully saturated rings. The van der Waals surface area contributed by atoms with E-state index in [2.05, 4.69) is 38.2 Å². The normalized spacial score (nSPS) is 23.9. The van der Waals surface area contributed by atoms with Crippen molar-refractivity contribution < 1.29 is 32.3 Å². The quantitative estimate of drug-likeness (QED) is 0.392. The average Bonchev–Trinajstić information content (AvgIpc) is 2.79. The number of rotatable bonds is 8. The van der Waals surface area contributed by atoms with Crippen LogP contribution in [0.3, 0.4) is 0 Å². The number of anilines is 1. The van der Waals surface area contributed by atoms with E-state index in [9.17, 15) is 22.5 Å². The molecule has 0 amide bonds. The monoisotopic (exact) mass is 528 g/mol. The number of nitrogen functional groups attached to an aromatic ring is 1. The lowest BCUT2D eigenvalue weighted by Gasteiger charge is -2.35. The zero-order valence-corrected chi connectivity index (χ0v) is 21.5. The summed E-state index contributed by atoms with van der Waals surface area (Å²) in [5, 5.41) is 23.5. The third-order valence-electron chi connectivity index (χ3n) is 6.40. The second kappa shape index (κ2) is 11.5. The molecule has 10 heteroatoms. The summed E-state index contributed by atoms with van der Waals surface area (Å²) in [6, 6.07) is 12.3. The van der Waals surface area contributed by atoms with Gasteiger partial charge >= 0.3 is 6.18 Å². The van der Waals surface area contributed by atoms with E-state index in [1.54, 1.807) is 6.07 Å². The van der Waals surface area contributed by atoms with Gasteiger partial charge in [-0.2, -0.15) is 13.2 Å². The molecule has 0 radical (unpaired) electrons. The zero-order valence-electron chi connectivity index (χ0n) is 20.7. The first-order chi connectivity index (χ1) is 16.8. The number of aliphatic hydroxyl groups excluding tert-OH is 2. The van der Waals surface area contributed by atoms with E-state index < -0.39 is 41.8 Å². The molecule has 1 saturated heterocycles.